The molecule has 3 rings (SSSR count). The Labute approximate surface area is 118 Å². The van der Waals surface area contributed by atoms with Gasteiger partial charge in [0.25, 0.3) is 0 Å². The van der Waals surface area contributed by atoms with Gasteiger partial charge in [0.05, 0.1) is 0 Å². The third kappa shape index (κ3) is 2.66. The van der Waals surface area contributed by atoms with E-state index in [0.29, 0.717) is 6.54 Å². The molecule has 4 heteroatoms. The summed E-state index contributed by atoms with van der Waals surface area (Å²) >= 11 is 0. The van der Waals surface area contributed by atoms with Crippen molar-refractivity contribution in [1.82, 2.24) is 10.2 Å². The topological polar surface area (TPSA) is 58.4 Å². The summed E-state index contributed by atoms with van der Waals surface area (Å²) in [5, 5.41) is 5.69. The monoisotopic (exact) mass is 269 g/mol. The summed E-state index contributed by atoms with van der Waals surface area (Å²) in [7, 11) is 0. The van der Waals surface area contributed by atoms with Crippen molar-refractivity contribution in [2.45, 2.75) is 12.6 Å². The molecule has 1 amide bonds. The Morgan fingerprint density at radius 3 is 2.85 bits per heavy atom. The molecule has 20 heavy (non-hydrogen) atoms. The highest BCUT2D eigenvalue weighted by Gasteiger charge is 2.26. The van der Waals surface area contributed by atoms with Crippen molar-refractivity contribution in [3.8, 4) is 0 Å². The van der Waals surface area contributed by atoms with Crippen LogP contribution in [0.1, 0.15) is 5.56 Å². The highest BCUT2D eigenvalue weighted by molar-refractivity contribution is 5.83. The molecule has 0 aliphatic carbocycles. The van der Waals surface area contributed by atoms with E-state index >= 15 is 0 Å². The van der Waals surface area contributed by atoms with E-state index in [9.17, 15) is 4.79 Å². The number of nitrogens with zero attached hydrogens (tertiary/aromatic N) is 1. The average molecular weight is 269 g/mol. The predicted molar refractivity (Wildman–Crippen MR) is 80.2 cm³/mol. The first-order chi connectivity index (χ1) is 9.74. The fraction of sp³-hybridized carbons (Fsp3) is 0.312. The van der Waals surface area contributed by atoms with Crippen LogP contribution in [0.5, 0.6) is 0 Å². The Bertz CT molecular complexity index is 626. The number of carbonyl (C=O) groups excluding carboxylic acids is 1. The second-order valence-electron chi connectivity index (χ2n) is 5.27. The van der Waals surface area contributed by atoms with Crippen LogP contribution < -0.4 is 11.1 Å². The summed E-state index contributed by atoms with van der Waals surface area (Å²) in [5.74, 6) is -0.252. The Kier molecular flexibility index (Phi) is 3.67. The highest BCUT2D eigenvalue weighted by atomic mass is 16.1. The van der Waals surface area contributed by atoms with Gasteiger partial charge in [-0.15, -0.1) is 0 Å². The minimum atomic E-state index is -0.252. The largest absolute Gasteiger partial charge is 0.368 e. The fourth-order valence-corrected chi connectivity index (χ4v) is 2.79. The molecule has 0 aromatic heterocycles. The molecule has 0 saturated carbocycles. The molecular formula is C16H19N3O. The fourth-order valence-electron chi connectivity index (χ4n) is 2.79. The van der Waals surface area contributed by atoms with E-state index in [1.54, 1.807) is 0 Å². The quantitative estimate of drug-likeness (QED) is 0.877. The summed E-state index contributed by atoms with van der Waals surface area (Å²) in [5.41, 5.74) is 6.70. The van der Waals surface area contributed by atoms with Gasteiger partial charge in [-0.05, 0) is 22.4 Å². The molecule has 1 aliphatic rings. The van der Waals surface area contributed by atoms with Crippen molar-refractivity contribution in [3.05, 3.63) is 48.0 Å². The molecule has 1 aliphatic heterocycles. The van der Waals surface area contributed by atoms with Crippen molar-refractivity contribution < 1.29 is 4.79 Å². The van der Waals surface area contributed by atoms with E-state index in [-0.39, 0.29) is 11.9 Å². The van der Waals surface area contributed by atoms with Crippen LogP contribution in [0.15, 0.2) is 42.5 Å². The molecule has 1 atom stereocenters. The number of fused-ring (bicyclic) bond motifs is 1. The number of rotatable bonds is 3. The first kappa shape index (κ1) is 13.1. The lowest BCUT2D eigenvalue weighted by Gasteiger charge is -2.34. The van der Waals surface area contributed by atoms with Crippen molar-refractivity contribution in [2.24, 2.45) is 5.73 Å². The number of primary amides is 1. The predicted octanol–water partition coefficient (Wildman–Crippen LogP) is 1.10. The molecule has 1 fully saturated rings. The lowest BCUT2D eigenvalue weighted by Crippen LogP contribution is -2.56. The van der Waals surface area contributed by atoms with Gasteiger partial charge in [0.1, 0.15) is 6.04 Å². The third-order valence-electron chi connectivity index (χ3n) is 3.88. The Morgan fingerprint density at radius 1 is 1.25 bits per heavy atom. The van der Waals surface area contributed by atoms with Gasteiger partial charge >= 0.3 is 0 Å². The van der Waals surface area contributed by atoms with E-state index in [0.717, 1.165) is 19.6 Å². The Morgan fingerprint density at radius 2 is 2.05 bits per heavy atom. The summed E-state index contributed by atoms with van der Waals surface area (Å²) in [6.07, 6.45) is 0. The van der Waals surface area contributed by atoms with Crippen molar-refractivity contribution in [2.75, 3.05) is 19.6 Å². The van der Waals surface area contributed by atoms with Gasteiger partial charge in [-0.1, -0.05) is 36.4 Å². The van der Waals surface area contributed by atoms with Gasteiger partial charge in [-0.2, -0.15) is 0 Å². The van der Waals surface area contributed by atoms with E-state index in [1.165, 1.54) is 16.3 Å². The number of hydrogen-bond acceptors (Lipinski definition) is 3. The first-order valence-electron chi connectivity index (χ1n) is 6.96. The maximum atomic E-state index is 11.5. The third-order valence-corrected chi connectivity index (χ3v) is 3.88. The highest BCUT2D eigenvalue weighted by Crippen LogP contribution is 2.18. The Hall–Kier alpha value is -1.91. The number of nitrogens with two attached hydrogens (primary N) is 1. The van der Waals surface area contributed by atoms with Crippen LogP contribution in [0, 0.1) is 0 Å². The van der Waals surface area contributed by atoms with Crippen molar-refractivity contribution >= 4 is 16.7 Å². The molecule has 2 aromatic rings. The van der Waals surface area contributed by atoms with Gasteiger partial charge in [0.2, 0.25) is 5.91 Å². The standard InChI is InChI=1S/C16H19N3O/c17-16(20)15-10-18-7-8-19(15)11-12-5-6-13-3-1-2-4-14(13)9-12/h1-6,9,15,18H,7-8,10-11H2,(H2,17,20). The Balaban J connectivity index is 1.82. The second kappa shape index (κ2) is 5.61. The minimum Gasteiger partial charge on any atom is -0.368 e. The molecule has 3 N–H and O–H groups in total. The number of benzene rings is 2. The minimum absolute atomic E-state index is 0.213. The van der Waals surface area contributed by atoms with Crippen molar-refractivity contribution in [1.29, 1.82) is 0 Å². The van der Waals surface area contributed by atoms with Gasteiger partial charge in [0.15, 0.2) is 0 Å². The van der Waals surface area contributed by atoms with Gasteiger partial charge < -0.3 is 11.1 Å². The van der Waals surface area contributed by atoms with Crippen LogP contribution in [0.4, 0.5) is 0 Å². The van der Waals surface area contributed by atoms with Gasteiger partial charge in [-0.3, -0.25) is 9.69 Å². The van der Waals surface area contributed by atoms with Crippen LogP contribution in [0.25, 0.3) is 10.8 Å². The van der Waals surface area contributed by atoms with Crippen LogP contribution in [-0.4, -0.2) is 36.5 Å². The van der Waals surface area contributed by atoms with E-state index < -0.39 is 0 Å². The molecule has 0 bridgehead atoms. The van der Waals surface area contributed by atoms with Crippen LogP contribution >= 0.6 is 0 Å². The van der Waals surface area contributed by atoms with Crippen LogP contribution in [0.3, 0.4) is 0 Å². The molecule has 104 valence electrons. The van der Waals surface area contributed by atoms with Crippen LogP contribution in [0.2, 0.25) is 0 Å². The zero-order chi connectivity index (χ0) is 13.9. The number of piperazine rings is 1. The lowest BCUT2D eigenvalue weighted by atomic mass is 10.1. The molecule has 1 unspecified atom stereocenters. The average Bonchev–Trinajstić information content (AvgIpc) is 2.47. The first-order valence-corrected chi connectivity index (χ1v) is 6.96. The summed E-state index contributed by atoms with van der Waals surface area (Å²) in [6, 6.07) is 14.5. The SMILES string of the molecule is NC(=O)C1CNCCN1Cc1ccc2ccccc2c1. The number of amides is 1. The maximum Gasteiger partial charge on any atom is 0.236 e. The molecule has 2 aromatic carbocycles. The normalized spacial score (nSPS) is 20.1. The smallest absolute Gasteiger partial charge is 0.236 e. The zero-order valence-electron chi connectivity index (χ0n) is 11.4. The summed E-state index contributed by atoms with van der Waals surface area (Å²) in [4.78, 5) is 13.7. The van der Waals surface area contributed by atoms with Gasteiger partial charge in [-0.25, -0.2) is 0 Å². The molecular weight excluding hydrogens is 250 g/mol. The molecule has 0 spiro atoms. The molecule has 4 nitrogen and oxygen atoms in total. The second-order valence-corrected chi connectivity index (χ2v) is 5.27. The van der Waals surface area contributed by atoms with Crippen molar-refractivity contribution in [3.63, 3.8) is 0 Å². The van der Waals surface area contributed by atoms with Gasteiger partial charge in [0, 0.05) is 26.2 Å². The molecule has 1 saturated heterocycles. The molecule has 1 heterocycles. The lowest BCUT2D eigenvalue weighted by molar-refractivity contribution is -0.124. The number of carbonyl (C=O) groups is 1. The maximum absolute atomic E-state index is 11.5. The number of nitrogens with one attached hydrogen (secondary N) is 1. The van der Waals surface area contributed by atoms with E-state index in [4.69, 9.17) is 5.73 Å². The summed E-state index contributed by atoms with van der Waals surface area (Å²) < 4.78 is 0. The van der Waals surface area contributed by atoms with E-state index in [1.807, 2.05) is 12.1 Å². The van der Waals surface area contributed by atoms with Crippen LogP contribution in [-0.2, 0) is 11.3 Å². The molecule has 0 radical (unpaired) electrons. The van der Waals surface area contributed by atoms with E-state index in [2.05, 4.69) is 40.5 Å². The zero-order valence-corrected chi connectivity index (χ0v) is 11.4. The number of hydrogen-bond donors (Lipinski definition) is 2. The summed E-state index contributed by atoms with van der Waals surface area (Å²) in [6.45, 7) is 3.15.